The zero-order valence-electron chi connectivity index (χ0n) is 8.30. The molecule has 0 spiro atoms. The first-order valence-electron chi connectivity index (χ1n) is 4.68. The van der Waals surface area contributed by atoms with Crippen LogP contribution in [0.4, 0.5) is 0 Å². The Morgan fingerprint density at radius 2 is 2.20 bits per heavy atom. The molecule has 2 rings (SSSR count). The molecule has 0 bridgehead atoms. The van der Waals surface area contributed by atoms with Gasteiger partial charge in [0.25, 0.3) is 0 Å². The van der Waals surface area contributed by atoms with Gasteiger partial charge in [0.2, 0.25) is 0 Å². The lowest BCUT2D eigenvalue weighted by Crippen LogP contribution is -2.15. The molecule has 0 amide bonds. The molecule has 0 radical (unpaired) electrons. The Kier molecular flexibility index (Phi) is 3.14. The number of halogens is 2. The van der Waals surface area contributed by atoms with Crippen molar-refractivity contribution in [2.24, 2.45) is 0 Å². The van der Waals surface area contributed by atoms with E-state index >= 15 is 0 Å². The van der Waals surface area contributed by atoms with E-state index in [1.807, 2.05) is 25.2 Å². The third kappa shape index (κ3) is 2.09. The predicted octanol–water partition coefficient (Wildman–Crippen LogP) is 2.56. The highest BCUT2D eigenvalue weighted by atomic mass is 35.5. The van der Waals surface area contributed by atoms with E-state index in [1.165, 1.54) is 0 Å². The second kappa shape index (κ2) is 4.39. The second-order valence-electron chi connectivity index (χ2n) is 3.28. The van der Waals surface area contributed by atoms with Crippen LogP contribution in [0.1, 0.15) is 0 Å². The van der Waals surface area contributed by atoms with Crippen molar-refractivity contribution < 1.29 is 0 Å². The van der Waals surface area contributed by atoms with Crippen molar-refractivity contribution in [1.82, 2.24) is 15.1 Å². The molecular formula is C10H11Cl2N3. The molecular weight excluding hydrogens is 233 g/mol. The number of benzene rings is 1. The molecule has 80 valence electrons. The number of nitrogens with one attached hydrogen (secondary N) is 1. The molecule has 0 aliphatic rings. The number of hydrogen-bond acceptors (Lipinski definition) is 2. The standard InChI is InChI=1S/C10H11Cl2N3/c1-13-4-5-15-10(12)8-6-7(11)2-3-9(8)14-15/h2-3,6,13H,4-5H2,1H3. The summed E-state index contributed by atoms with van der Waals surface area (Å²) >= 11 is 12.1. The van der Waals surface area contributed by atoms with E-state index < -0.39 is 0 Å². The molecule has 1 aromatic heterocycles. The van der Waals surface area contributed by atoms with Gasteiger partial charge in [0.05, 0.1) is 12.1 Å². The topological polar surface area (TPSA) is 29.9 Å². The SMILES string of the molecule is CNCCn1nc2ccc(Cl)cc2c1Cl. The monoisotopic (exact) mass is 243 g/mol. The maximum atomic E-state index is 6.18. The van der Waals surface area contributed by atoms with E-state index in [-0.39, 0.29) is 0 Å². The molecule has 3 nitrogen and oxygen atoms in total. The Balaban J connectivity index is 2.45. The van der Waals surface area contributed by atoms with E-state index in [2.05, 4.69) is 10.4 Å². The highest BCUT2D eigenvalue weighted by molar-refractivity contribution is 6.36. The van der Waals surface area contributed by atoms with Crippen molar-refractivity contribution in [3.8, 4) is 0 Å². The minimum absolute atomic E-state index is 0.641. The Hall–Kier alpha value is -0.770. The Bertz CT molecular complexity index is 479. The lowest BCUT2D eigenvalue weighted by atomic mass is 10.3. The van der Waals surface area contributed by atoms with Crippen LogP contribution < -0.4 is 5.32 Å². The molecule has 0 aliphatic heterocycles. The van der Waals surface area contributed by atoms with Gasteiger partial charge in [-0.15, -0.1) is 0 Å². The molecule has 0 fully saturated rings. The molecule has 5 heteroatoms. The molecule has 0 aliphatic carbocycles. The van der Waals surface area contributed by atoms with Gasteiger partial charge < -0.3 is 5.32 Å². The summed E-state index contributed by atoms with van der Waals surface area (Å²) in [5, 5.41) is 9.65. The lowest BCUT2D eigenvalue weighted by Gasteiger charge is -2.00. The van der Waals surface area contributed by atoms with E-state index in [1.54, 1.807) is 4.68 Å². The molecule has 1 N–H and O–H groups in total. The van der Waals surface area contributed by atoms with Gasteiger partial charge >= 0.3 is 0 Å². The first-order valence-corrected chi connectivity index (χ1v) is 5.44. The molecule has 1 heterocycles. The highest BCUT2D eigenvalue weighted by Gasteiger charge is 2.08. The van der Waals surface area contributed by atoms with Gasteiger partial charge in [-0.25, -0.2) is 0 Å². The van der Waals surface area contributed by atoms with Crippen LogP contribution in [0.3, 0.4) is 0 Å². The Morgan fingerprint density at radius 3 is 2.93 bits per heavy atom. The summed E-state index contributed by atoms with van der Waals surface area (Å²) in [6.45, 7) is 1.59. The van der Waals surface area contributed by atoms with Gasteiger partial charge in [0, 0.05) is 17.0 Å². The molecule has 0 saturated heterocycles. The summed E-state index contributed by atoms with van der Waals surface area (Å²) in [5.41, 5.74) is 0.875. The third-order valence-corrected chi connectivity index (χ3v) is 2.84. The van der Waals surface area contributed by atoms with E-state index in [9.17, 15) is 0 Å². The highest BCUT2D eigenvalue weighted by Crippen LogP contribution is 2.25. The fourth-order valence-electron chi connectivity index (χ4n) is 1.44. The van der Waals surface area contributed by atoms with Crippen LogP contribution in [-0.4, -0.2) is 23.4 Å². The van der Waals surface area contributed by atoms with Crippen molar-refractivity contribution in [2.45, 2.75) is 6.54 Å². The molecule has 0 atom stereocenters. The zero-order valence-corrected chi connectivity index (χ0v) is 9.81. The first kappa shape index (κ1) is 10.7. The first-order chi connectivity index (χ1) is 7.22. The minimum Gasteiger partial charge on any atom is -0.318 e. The van der Waals surface area contributed by atoms with E-state index in [0.717, 1.165) is 24.0 Å². The minimum atomic E-state index is 0.641. The zero-order chi connectivity index (χ0) is 10.8. The molecule has 0 saturated carbocycles. The summed E-state index contributed by atoms with van der Waals surface area (Å²) in [6, 6.07) is 5.52. The number of hydrogen-bond donors (Lipinski definition) is 1. The van der Waals surface area contributed by atoms with Crippen molar-refractivity contribution in [3.05, 3.63) is 28.4 Å². The van der Waals surface area contributed by atoms with Crippen LogP contribution in [0.5, 0.6) is 0 Å². The number of nitrogens with zero attached hydrogens (tertiary/aromatic N) is 2. The van der Waals surface area contributed by atoms with Crippen molar-refractivity contribution in [1.29, 1.82) is 0 Å². The number of rotatable bonds is 3. The average Bonchev–Trinajstić information content (AvgIpc) is 2.53. The normalized spacial score (nSPS) is 11.1. The van der Waals surface area contributed by atoms with Gasteiger partial charge in [0.15, 0.2) is 0 Å². The van der Waals surface area contributed by atoms with Gasteiger partial charge in [-0.2, -0.15) is 5.10 Å². The van der Waals surface area contributed by atoms with Crippen molar-refractivity contribution >= 4 is 34.1 Å². The summed E-state index contributed by atoms with van der Waals surface area (Å²) in [5.74, 6) is 0. The maximum absolute atomic E-state index is 6.18. The quantitative estimate of drug-likeness (QED) is 0.899. The smallest absolute Gasteiger partial charge is 0.135 e. The summed E-state index contributed by atoms with van der Waals surface area (Å²) < 4.78 is 1.78. The number of fused-ring (bicyclic) bond motifs is 1. The lowest BCUT2D eigenvalue weighted by molar-refractivity contribution is 0.590. The van der Waals surface area contributed by atoms with Gasteiger partial charge in [-0.05, 0) is 25.2 Å². The molecule has 2 aromatic rings. The van der Waals surface area contributed by atoms with Crippen LogP contribution >= 0.6 is 23.2 Å². The summed E-state index contributed by atoms with van der Waals surface area (Å²) in [7, 11) is 1.90. The summed E-state index contributed by atoms with van der Waals surface area (Å²) in [4.78, 5) is 0. The molecule has 15 heavy (non-hydrogen) atoms. The third-order valence-electron chi connectivity index (χ3n) is 2.21. The number of likely N-dealkylation sites (N-methyl/N-ethyl adjacent to an activating group) is 1. The second-order valence-corrected chi connectivity index (χ2v) is 4.07. The predicted molar refractivity (Wildman–Crippen MR) is 63.7 cm³/mol. The Morgan fingerprint density at radius 1 is 1.40 bits per heavy atom. The molecule has 0 unspecified atom stereocenters. The Labute approximate surface area is 98.0 Å². The molecule has 1 aromatic carbocycles. The van der Waals surface area contributed by atoms with Gasteiger partial charge in [-0.3, -0.25) is 4.68 Å². The van der Waals surface area contributed by atoms with Crippen LogP contribution in [0.2, 0.25) is 10.2 Å². The van der Waals surface area contributed by atoms with E-state index in [4.69, 9.17) is 23.2 Å². The average molecular weight is 244 g/mol. The van der Waals surface area contributed by atoms with Crippen LogP contribution in [0, 0.1) is 0 Å². The van der Waals surface area contributed by atoms with E-state index in [0.29, 0.717) is 10.2 Å². The fraction of sp³-hybridized carbons (Fsp3) is 0.300. The van der Waals surface area contributed by atoms with Crippen LogP contribution in [-0.2, 0) is 6.54 Å². The van der Waals surface area contributed by atoms with Crippen molar-refractivity contribution in [2.75, 3.05) is 13.6 Å². The number of aromatic nitrogens is 2. The van der Waals surface area contributed by atoms with Gasteiger partial charge in [-0.1, -0.05) is 23.2 Å². The largest absolute Gasteiger partial charge is 0.318 e. The summed E-state index contributed by atoms with van der Waals surface area (Å²) in [6.07, 6.45) is 0. The fourth-order valence-corrected chi connectivity index (χ4v) is 1.89. The van der Waals surface area contributed by atoms with Crippen LogP contribution in [0.15, 0.2) is 18.2 Å². The van der Waals surface area contributed by atoms with Gasteiger partial charge in [0.1, 0.15) is 5.15 Å². The maximum Gasteiger partial charge on any atom is 0.135 e. The van der Waals surface area contributed by atoms with Crippen LogP contribution in [0.25, 0.3) is 10.9 Å². The van der Waals surface area contributed by atoms with Crippen molar-refractivity contribution in [3.63, 3.8) is 0 Å².